The quantitative estimate of drug-likeness (QED) is 0.754. The molecule has 72 valence electrons. The third-order valence-corrected chi connectivity index (χ3v) is 2.46. The molecule has 0 fully saturated rings. The molecule has 13 heavy (non-hydrogen) atoms. The van der Waals surface area contributed by atoms with E-state index in [1.807, 2.05) is 0 Å². The first kappa shape index (κ1) is 10.3. The number of benzene rings is 1. The zero-order valence-electron chi connectivity index (χ0n) is 8.75. The molecule has 1 aromatic rings. The van der Waals surface area contributed by atoms with E-state index in [0.717, 1.165) is 6.42 Å². The Hall–Kier alpha value is -0.820. The molecule has 0 unspecified atom stereocenters. The van der Waals surface area contributed by atoms with E-state index in [0.29, 0.717) is 5.92 Å². The summed E-state index contributed by atoms with van der Waals surface area (Å²) in [5.41, 5.74) is 8.69. The van der Waals surface area contributed by atoms with Crippen molar-refractivity contribution in [3.8, 4) is 0 Å². The number of hydrogen-bond acceptors (Lipinski definition) is 1. The SMILES string of the molecule is CCc1cccc([C@H](N)C(C)C)c1. The fraction of sp³-hybridized carbons (Fsp3) is 0.500. The van der Waals surface area contributed by atoms with Crippen molar-refractivity contribution in [3.05, 3.63) is 35.4 Å². The minimum absolute atomic E-state index is 0.173. The molecular weight excluding hydrogens is 158 g/mol. The van der Waals surface area contributed by atoms with Gasteiger partial charge in [0.05, 0.1) is 0 Å². The highest BCUT2D eigenvalue weighted by Crippen LogP contribution is 2.19. The summed E-state index contributed by atoms with van der Waals surface area (Å²) in [6, 6.07) is 8.74. The molecule has 0 radical (unpaired) electrons. The Bertz CT molecular complexity index is 266. The van der Waals surface area contributed by atoms with E-state index in [1.165, 1.54) is 11.1 Å². The van der Waals surface area contributed by atoms with Gasteiger partial charge in [0.1, 0.15) is 0 Å². The van der Waals surface area contributed by atoms with Crippen LogP contribution in [0.4, 0.5) is 0 Å². The molecule has 0 bridgehead atoms. The third-order valence-electron chi connectivity index (χ3n) is 2.46. The van der Waals surface area contributed by atoms with E-state index < -0.39 is 0 Å². The average Bonchev–Trinajstić information content (AvgIpc) is 2.16. The van der Waals surface area contributed by atoms with Crippen LogP contribution in [0.5, 0.6) is 0 Å². The van der Waals surface area contributed by atoms with Crippen molar-refractivity contribution in [2.75, 3.05) is 0 Å². The van der Waals surface area contributed by atoms with Gasteiger partial charge in [-0.2, -0.15) is 0 Å². The first-order chi connectivity index (χ1) is 6.15. The van der Waals surface area contributed by atoms with E-state index in [9.17, 15) is 0 Å². The molecule has 1 rings (SSSR count). The molecule has 0 aliphatic rings. The summed E-state index contributed by atoms with van der Waals surface area (Å²) >= 11 is 0. The van der Waals surface area contributed by atoms with Crippen molar-refractivity contribution in [1.29, 1.82) is 0 Å². The Labute approximate surface area is 81.0 Å². The van der Waals surface area contributed by atoms with Gasteiger partial charge in [0, 0.05) is 6.04 Å². The molecule has 1 nitrogen and oxygen atoms in total. The maximum atomic E-state index is 6.06. The summed E-state index contributed by atoms with van der Waals surface area (Å²) in [5.74, 6) is 0.507. The predicted molar refractivity (Wildman–Crippen MR) is 57.6 cm³/mol. The monoisotopic (exact) mass is 177 g/mol. The first-order valence-corrected chi connectivity index (χ1v) is 4.99. The average molecular weight is 177 g/mol. The van der Waals surface area contributed by atoms with E-state index >= 15 is 0 Å². The second-order valence-electron chi connectivity index (χ2n) is 3.87. The molecule has 0 aromatic heterocycles. The largest absolute Gasteiger partial charge is 0.324 e. The van der Waals surface area contributed by atoms with Gasteiger partial charge in [0.2, 0.25) is 0 Å². The van der Waals surface area contributed by atoms with Gasteiger partial charge in [0.25, 0.3) is 0 Å². The molecule has 0 saturated heterocycles. The Morgan fingerprint density at radius 1 is 1.31 bits per heavy atom. The Morgan fingerprint density at radius 2 is 2.00 bits per heavy atom. The van der Waals surface area contributed by atoms with E-state index in [4.69, 9.17) is 5.73 Å². The maximum Gasteiger partial charge on any atom is 0.0318 e. The summed E-state index contributed by atoms with van der Waals surface area (Å²) in [6.07, 6.45) is 1.08. The van der Waals surface area contributed by atoms with Gasteiger partial charge in [-0.3, -0.25) is 0 Å². The van der Waals surface area contributed by atoms with E-state index in [-0.39, 0.29) is 6.04 Å². The minimum atomic E-state index is 0.173. The van der Waals surface area contributed by atoms with E-state index in [2.05, 4.69) is 45.0 Å². The van der Waals surface area contributed by atoms with Gasteiger partial charge in [-0.25, -0.2) is 0 Å². The van der Waals surface area contributed by atoms with Gasteiger partial charge < -0.3 is 5.73 Å². The van der Waals surface area contributed by atoms with Crippen molar-refractivity contribution < 1.29 is 0 Å². The fourth-order valence-electron chi connectivity index (χ4n) is 1.41. The number of aryl methyl sites for hydroxylation is 1. The van der Waals surface area contributed by atoms with Crippen LogP contribution >= 0.6 is 0 Å². The molecule has 0 spiro atoms. The zero-order valence-corrected chi connectivity index (χ0v) is 8.75. The summed E-state index contributed by atoms with van der Waals surface area (Å²) in [5, 5.41) is 0. The van der Waals surface area contributed by atoms with E-state index in [1.54, 1.807) is 0 Å². The predicted octanol–water partition coefficient (Wildman–Crippen LogP) is 2.90. The van der Waals surface area contributed by atoms with Crippen molar-refractivity contribution in [2.24, 2.45) is 11.7 Å². The van der Waals surface area contributed by atoms with Crippen molar-refractivity contribution in [2.45, 2.75) is 33.2 Å². The smallest absolute Gasteiger partial charge is 0.0318 e. The van der Waals surface area contributed by atoms with Gasteiger partial charge in [-0.1, -0.05) is 45.0 Å². The van der Waals surface area contributed by atoms with Crippen LogP contribution in [0.25, 0.3) is 0 Å². The van der Waals surface area contributed by atoms with Gasteiger partial charge in [-0.05, 0) is 23.5 Å². The standard InChI is InChI=1S/C12H19N/c1-4-10-6-5-7-11(8-10)12(13)9(2)3/h5-9,12H,4,13H2,1-3H3/t12-/m1/s1. The molecule has 2 N–H and O–H groups in total. The van der Waals surface area contributed by atoms with Gasteiger partial charge >= 0.3 is 0 Å². The number of nitrogens with two attached hydrogens (primary N) is 1. The van der Waals surface area contributed by atoms with Crippen LogP contribution in [0.3, 0.4) is 0 Å². The molecule has 1 atom stereocenters. The second-order valence-corrected chi connectivity index (χ2v) is 3.87. The van der Waals surface area contributed by atoms with Crippen LogP contribution in [0.1, 0.15) is 37.9 Å². The lowest BCUT2D eigenvalue weighted by molar-refractivity contribution is 0.514. The molecule has 1 aromatic carbocycles. The fourth-order valence-corrected chi connectivity index (χ4v) is 1.41. The highest BCUT2D eigenvalue weighted by Gasteiger charge is 2.09. The van der Waals surface area contributed by atoms with Crippen molar-refractivity contribution in [1.82, 2.24) is 0 Å². The lowest BCUT2D eigenvalue weighted by Gasteiger charge is -2.16. The van der Waals surface area contributed by atoms with Crippen LogP contribution in [0.15, 0.2) is 24.3 Å². The highest BCUT2D eigenvalue weighted by atomic mass is 14.6. The minimum Gasteiger partial charge on any atom is -0.324 e. The maximum absolute atomic E-state index is 6.06. The van der Waals surface area contributed by atoms with Gasteiger partial charge in [0.15, 0.2) is 0 Å². The normalized spacial score (nSPS) is 13.3. The molecule has 0 aliphatic carbocycles. The van der Waals surface area contributed by atoms with Crippen LogP contribution in [-0.2, 0) is 6.42 Å². The van der Waals surface area contributed by atoms with Crippen molar-refractivity contribution in [3.63, 3.8) is 0 Å². The molecule has 1 heteroatoms. The van der Waals surface area contributed by atoms with Gasteiger partial charge in [-0.15, -0.1) is 0 Å². The van der Waals surface area contributed by atoms with Crippen LogP contribution < -0.4 is 5.73 Å². The molecular formula is C12H19N. The van der Waals surface area contributed by atoms with Crippen LogP contribution in [0, 0.1) is 5.92 Å². The number of hydrogen-bond donors (Lipinski definition) is 1. The Morgan fingerprint density at radius 3 is 2.54 bits per heavy atom. The molecule has 0 amide bonds. The highest BCUT2D eigenvalue weighted by molar-refractivity contribution is 5.26. The molecule has 0 heterocycles. The van der Waals surface area contributed by atoms with Crippen molar-refractivity contribution >= 4 is 0 Å². The number of rotatable bonds is 3. The zero-order chi connectivity index (χ0) is 9.84. The summed E-state index contributed by atoms with van der Waals surface area (Å²) in [7, 11) is 0. The van der Waals surface area contributed by atoms with Crippen LogP contribution in [-0.4, -0.2) is 0 Å². The molecule has 0 aliphatic heterocycles. The Balaban J connectivity index is 2.88. The third kappa shape index (κ3) is 2.56. The lowest BCUT2D eigenvalue weighted by atomic mass is 9.95. The summed E-state index contributed by atoms with van der Waals surface area (Å²) < 4.78 is 0. The first-order valence-electron chi connectivity index (χ1n) is 4.99. The summed E-state index contributed by atoms with van der Waals surface area (Å²) in [6.45, 7) is 6.48. The Kier molecular flexibility index (Phi) is 3.49. The topological polar surface area (TPSA) is 26.0 Å². The van der Waals surface area contributed by atoms with Crippen LogP contribution in [0.2, 0.25) is 0 Å². The lowest BCUT2D eigenvalue weighted by Crippen LogP contribution is -2.16. The second kappa shape index (κ2) is 4.43. The summed E-state index contributed by atoms with van der Waals surface area (Å²) in [4.78, 5) is 0. The molecule has 0 saturated carbocycles.